The van der Waals surface area contributed by atoms with Crippen LogP contribution in [0, 0.1) is 0 Å². The van der Waals surface area contributed by atoms with Crippen LogP contribution in [0.4, 0.5) is 0 Å². The van der Waals surface area contributed by atoms with Gasteiger partial charge in [-0.15, -0.1) is 0 Å². The minimum absolute atomic E-state index is 0.00731. The van der Waals surface area contributed by atoms with E-state index in [9.17, 15) is 19.8 Å². The third kappa shape index (κ3) is 2.03. The van der Waals surface area contributed by atoms with E-state index >= 15 is 0 Å². The summed E-state index contributed by atoms with van der Waals surface area (Å²) in [5.41, 5.74) is -1.39. The number of aliphatic hydroxyl groups excluding tert-OH is 3. The molecule has 0 amide bonds. The van der Waals surface area contributed by atoms with Gasteiger partial charge in [0.1, 0.15) is 24.4 Å². The SMILES string of the molecule is O=c1[nH]cc(C2O[C@H](CO)[C@H](O)[C@@H]2O)c(=O)[nH]1. The first-order valence-corrected chi connectivity index (χ1v) is 4.99. The van der Waals surface area contributed by atoms with Gasteiger partial charge >= 0.3 is 5.69 Å². The van der Waals surface area contributed by atoms with E-state index in [1.807, 2.05) is 4.98 Å². The van der Waals surface area contributed by atoms with Crippen molar-refractivity contribution >= 4 is 0 Å². The summed E-state index contributed by atoms with van der Waals surface area (Å²) in [5, 5.41) is 28.1. The maximum absolute atomic E-state index is 11.5. The number of hydrogen-bond donors (Lipinski definition) is 5. The highest BCUT2D eigenvalue weighted by molar-refractivity contribution is 5.13. The molecule has 4 atom stereocenters. The van der Waals surface area contributed by atoms with Crippen LogP contribution in [0.5, 0.6) is 0 Å². The number of aromatic amines is 2. The molecule has 2 heterocycles. The molecule has 1 fully saturated rings. The smallest absolute Gasteiger partial charge is 0.325 e. The maximum Gasteiger partial charge on any atom is 0.325 e. The molecule has 1 aromatic rings. The van der Waals surface area contributed by atoms with Gasteiger partial charge in [0, 0.05) is 6.20 Å². The number of aromatic nitrogens is 2. The Morgan fingerprint density at radius 2 is 2.00 bits per heavy atom. The Hall–Kier alpha value is -1.48. The van der Waals surface area contributed by atoms with Crippen LogP contribution in [-0.2, 0) is 4.74 Å². The molecule has 0 radical (unpaired) electrons. The van der Waals surface area contributed by atoms with Crippen molar-refractivity contribution in [3.05, 3.63) is 32.6 Å². The fourth-order valence-electron chi connectivity index (χ4n) is 1.79. The number of hydrogen-bond acceptors (Lipinski definition) is 6. The molecule has 0 aliphatic carbocycles. The van der Waals surface area contributed by atoms with Gasteiger partial charge in [0.2, 0.25) is 0 Å². The minimum Gasteiger partial charge on any atom is -0.394 e. The van der Waals surface area contributed by atoms with Crippen LogP contribution in [0.2, 0.25) is 0 Å². The second kappa shape index (κ2) is 4.41. The standard InChI is InChI=1S/C9H12N2O6/c12-2-4-5(13)6(14)7(17-4)3-1-10-9(16)11-8(3)15/h1,4-7,12-14H,2H2,(H2,10,11,15,16)/t4-,5+,6+,7?/m1/s1. The van der Waals surface area contributed by atoms with E-state index in [0.717, 1.165) is 6.20 Å². The second-order valence-corrected chi connectivity index (χ2v) is 3.79. The molecule has 5 N–H and O–H groups in total. The summed E-state index contributed by atoms with van der Waals surface area (Å²) < 4.78 is 5.15. The molecule has 1 saturated heterocycles. The summed E-state index contributed by atoms with van der Waals surface area (Å²) in [6, 6.07) is 0. The summed E-state index contributed by atoms with van der Waals surface area (Å²) >= 11 is 0. The fraction of sp³-hybridized carbons (Fsp3) is 0.556. The first kappa shape index (κ1) is 12.0. The van der Waals surface area contributed by atoms with Gasteiger partial charge in [-0.05, 0) is 0 Å². The van der Waals surface area contributed by atoms with E-state index in [1.165, 1.54) is 0 Å². The number of nitrogens with one attached hydrogen (secondary N) is 2. The van der Waals surface area contributed by atoms with Crippen LogP contribution >= 0.6 is 0 Å². The van der Waals surface area contributed by atoms with Crippen molar-refractivity contribution in [2.45, 2.75) is 24.4 Å². The molecular weight excluding hydrogens is 232 g/mol. The van der Waals surface area contributed by atoms with E-state index < -0.39 is 42.3 Å². The Labute approximate surface area is 94.5 Å². The zero-order valence-corrected chi connectivity index (χ0v) is 8.66. The average molecular weight is 244 g/mol. The molecule has 1 aromatic heterocycles. The predicted octanol–water partition coefficient (Wildman–Crippen LogP) is -2.78. The number of H-pyrrole nitrogens is 2. The molecule has 8 nitrogen and oxygen atoms in total. The van der Waals surface area contributed by atoms with Gasteiger partial charge in [0.25, 0.3) is 5.56 Å². The van der Waals surface area contributed by atoms with E-state index in [2.05, 4.69) is 4.98 Å². The van der Waals surface area contributed by atoms with Crippen molar-refractivity contribution in [2.24, 2.45) is 0 Å². The van der Waals surface area contributed by atoms with Crippen LogP contribution in [0.25, 0.3) is 0 Å². The van der Waals surface area contributed by atoms with Gasteiger partial charge in [-0.2, -0.15) is 0 Å². The van der Waals surface area contributed by atoms with Gasteiger partial charge in [-0.25, -0.2) is 4.79 Å². The maximum atomic E-state index is 11.5. The highest BCUT2D eigenvalue weighted by Crippen LogP contribution is 2.31. The molecule has 17 heavy (non-hydrogen) atoms. The fourth-order valence-corrected chi connectivity index (χ4v) is 1.79. The summed E-state index contributed by atoms with van der Waals surface area (Å²) in [4.78, 5) is 26.5. The van der Waals surface area contributed by atoms with Crippen molar-refractivity contribution in [1.29, 1.82) is 0 Å². The highest BCUT2D eigenvalue weighted by atomic mass is 16.6. The number of rotatable bonds is 2. The molecule has 2 rings (SSSR count). The minimum atomic E-state index is -1.33. The monoisotopic (exact) mass is 244 g/mol. The van der Waals surface area contributed by atoms with E-state index in [-0.39, 0.29) is 5.56 Å². The summed E-state index contributed by atoms with van der Waals surface area (Å²) in [6.45, 7) is -0.476. The lowest BCUT2D eigenvalue weighted by Gasteiger charge is -2.13. The van der Waals surface area contributed by atoms with Crippen LogP contribution in [0.15, 0.2) is 15.8 Å². The summed E-state index contributed by atoms with van der Waals surface area (Å²) in [5.74, 6) is 0. The normalized spacial score (nSPS) is 32.9. The topological polar surface area (TPSA) is 136 Å². The molecule has 1 unspecified atom stereocenters. The van der Waals surface area contributed by atoms with Gasteiger partial charge in [0.05, 0.1) is 12.2 Å². The van der Waals surface area contributed by atoms with Crippen molar-refractivity contribution < 1.29 is 20.1 Å². The Bertz CT molecular complexity index is 509. The Kier molecular flexibility index (Phi) is 3.11. The highest BCUT2D eigenvalue weighted by Gasteiger charge is 2.44. The van der Waals surface area contributed by atoms with E-state index in [0.29, 0.717) is 0 Å². The van der Waals surface area contributed by atoms with Crippen molar-refractivity contribution in [3.63, 3.8) is 0 Å². The third-order valence-corrected chi connectivity index (χ3v) is 2.70. The van der Waals surface area contributed by atoms with Crippen LogP contribution in [-0.4, -0.2) is 50.2 Å². The molecule has 0 aromatic carbocycles. The van der Waals surface area contributed by atoms with Gasteiger partial charge in [0.15, 0.2) is 0 Å². The molecule has 1 aliphatic heterocycles. The summed E-state index contributed by atoms with van der Waals surface area (Å²) in [7, 11) is 0. The number of aliphatic hydroxyl groups is 3. The Balaban J connectivity index is 2.35. The lowest BCUT2D eigenvalue weighted by atomic mass is 10.0. The Morgan fingerprint density at radius 1 is 1.29 bits per heavy atom. The van der Waals surface area contributed by atoms with Crippen LogP contribution < -0.4 is 11.2 Å². The molecule has 8 heteroatoms. The lowest BCUT2D eigenvalue weighted by Crippen LogP contribution is -2.34. The zero-order chi connectivity index (χ0) is 12.6. The molecule has 94 valence electrons. The van der Waals surface area contributed by atoms with Gasteiger partial charge in [-0.1, -0.05) is 0 Å². The second-order valence-electron chi connectivity index (χ2n) is 3.79. The van der Waals surface area contributed by atoms with E-state index in [1.54, 1.807) is 0 Å². The largest absolute Gasteiger partial charge is 0.394 e. The number of ether oxygens (including phenoxy) is 1. The molecule has 0 bridgehead atoms. The van der Waals surface area contributed by atoms with Gasteiger partial charge < -0.3 is 25.0 Å². The lowest BCUT2D eigenvalue weighted by molar-refractivity contribution is -0.0232. The van der Waals surface area contributed by atoms with Crippen molar-refractivity contribution in [2.75, 3.05) is 6.61 Å². The molecule has 0 spiro atoms. The zero-order valence-electron chi connectivity index (χ0n) is 8.66. The van der Waals surface area contributed by atoms with E-state index in [4.69, 9.17) is 9.84 Å². The van der Waals surface area contributed by atoms with Crippen LogP contribution in [0.3, 0.4) is 0 Å². The van der Waals surface area contributed by atoms with Gasteiger partial charge in [-0.3, -0.25) is 9.78 Å². The predicted molar refractivity (Wildman–Crippen MR) is 54.4 cm³/mol. The molecule has 0 saturated carbocycles. The quantitative estimate of drug-likeness (QED) is 0.382. The molecular formula is C9H12N2O6. The summed E-state index contributed by atoms with van der Waals surface area (Å²) in [6.07, 6.45) is -3.54. The average Bonchev–Trinajstić information content (AvgIpc) is 2.57. The van der Waals surface area contributed by atoms with Crippen LogP contribution in [0.1, 0.15) is 11.7 Å². The van der Waals surface area contributed by atoms with Crippen molar-refractivity contribution in [1.82, 2.24) is 9.97 Å². The third-order valence-electron chi connectivity index (χ3n) is 2.70. The van der Waals surface area contributed by atoms with Crippen molar-refractivity contribution in [3.8, 4) is 0 Å². The Morgan fingerprint density at radius 3 is 2.53 bits per heavy atom. The first-order chi connectivity index (χ1) is 8.04. The molecule has 1 aliphatic rings. The first-order valence-electron chi connectivity index (χ1n) is 4.99.